The SMILES string of the molecule is O=[N+]([O-])c1ccc(Nc2cc(F)c(F)c(F)c2)cc1. The Balaban J connectivity index is 2.24. The van der Waals surface area contributed by atoms with Crippen molar-refractivity contribution in [2.24, 2.45) is 0 Å². The summed E-state index contributed by atoms with van der Waals surface area (Å²) in [4.78, 5) is 9.87. The first-order chi connectivity index (χ1) is 8.97. The molecular weight excluding hydrogens is 261 g/mol. The average molecular weight is 268 g/mol. The van der Waals surface area contributed by atoms with Gasteiger partial charge in [-0.05, 0) is 12.1 Å². The Labute approximate surface area is 105 Å². The van der Waals surface area contributed by atoms with E-state index in [1.165, 1.54) is 24.3 Å². The highest BCUT2D eigenvalue weighted by Crippen LogP contribution is 2.23. The zero-order valence-electron chi connectivity index (χ0n) is 9.36. The number of halogens is 3. The molecule has 1 N–H and O–H groups in total. The van der Waals surface area contributed by atoms with Crippen LogP contribution in [0, 0.1) is 27.6 Å². The number of hydrogen-bond acceptors (Lipinski definition) is 3. The number of nitro benzene ring substituents is 1. The number of rotatable bonds is 3. The van der Waals surface area contributed by atoms with Crippen LogP contribution < -0.4 is 5.32 Å². The van der Waals surface area contributed by atoms with Gasteiger partial charge in [-0.15, -0.1) is 0 Å². The van der Waals surface area contributed by atoms with Crippen LogP contribution in [0.1, 0.15) is 0 Å². The molecule has 0 aromatic heterocycles. The van der Waals surface area contributed by atoms with Crippen LogP contribution in [0.15, 0.2) is 36.4 Å². The second-order valence-corrected chi connectivity index (χ2v) is 3.68. The first-order valence-corrected chi connectivity index (χ1v) is 5.13. The topological polar surface area (TPSA) is 55.2 Å². The second-order valence-electron chi connectivity index (χ2n) is 3.68. The molecule has 19 heavy (non-hydrogen) atoms. The number of nitro groups is 1. The molecule has 0 fully saturated rings. The summed E-state index contributed by atoms with van der Waals surface area (Å²) in [6.45, 7) is 0. The first-order valence-electron chi connectivity index (χ1n) is 5.13. The number of benzene rings is 2. The molecule has 0 aliphatic carbocycles. The van der Waals surface area contributed by atoms with Crippen LogP contribution in [0.2, 0.25) is 0 Å². The van der Waals surface area contributed by atoms with Gasteiger partial charge in [-0.1, -0.05) is 0 Å². The maximum absolute atomic E-state index is 13.0. The number of nitrogens with one attached hydrogen (secondary N) is 1. The summed E-state index contributed by atoms with van der Waals surface area (Å²) >= 11 is 0. The lowest BCUT2D eigenvalue weighted by Gasteiger charge is -2.07. The van der Waals surface area contributed by atoms with Gasteiger partial charge in [0.2, 0.25) is 0 Å². The molecule has 2 aromatic carbocycles. The number of hydrogen-bond donors (Lipinski definition) is 1. The Morgan fingerprint density at radius 3 is 1.95 bits per heavy atom. The number of anilines is 2. The van der Waals surface area contributed by atoms with Crippen LogP contribution >= 0.6 is 0 Å². The van der Waals surface area contributed by atoms with Crippen molar-refractivity contribution in [1.29, 1.82) is 0 Å². The van der Waals surface area contributed by atoms with Gasteiger partial charge in [-0.25, -0.2) is 13.2 Å². The van der Waals surface area contributed by atoms with Gasteiger partial charge in [-0.3, -0.25) is 10.1 Å². The Morgan fingerprint density at radius 2 is 1.47 bits per heavy atom. The summed E-state index contributed by atoms with van der Waals surface area (Å²) < 4.78 is 38.7. The predicted octanol–water partition coefficient (Wildman–Crippen LogP) is 3.76. The van der Waals surface area contributed by atoms with E-state index in [0.717, 1.165) is 12.1 Å². The fourth-order valence-corrected chi connectivity index (χ4v) is 1.46. The van der Waals surface area contributed by atoms with E-state index in [4.69, 9.17) is 0 Å². The molecule has 0 spiro atoms. The minimum absolute atomic E-state index is 0.00486. The van der Waals surface area contributed by atoms with E-state index in [2.05, 4.69) is 5.32 Å². The molecule has 0 saturated heterocycles. The number of nitrogens with zero attached hydrogens (tertiary/aromatic N) is 1. The van der Waals surface area contributed by atoms with Crippen LogP contribution in [0.25, 0.3) is 0 Å². The van der Waals surface area contributed by atoms with Crippen LogP contribution in [0.3, 0.4) is 0 Å². The fraction of sp³-hybridized carbons (Fsp3) is 0. The Bertz CT molecular complexity index is 606. The lowest BCUT2D eigenvalue weighted by Crippen LogP contribution is -1.96. The molecule has 0 unspecified atom stereocenters. The van der Waals surface area contributed by atoms with E-state index in [-0.39, 0.29) is 11.4 Å². The lowest BCUT2D eigenvalue weighted by atomic mass is 10.2. The molecule has 7 heteroatoms. The van der Waals surface area contributed by atoms with Crippen LogP contribution in [-0.2, 0) is 0 Å². The number of non-ortho nitro benzene ring substituents is 1. The molecule has 2 aromatic rings. The van der Waals surface area contributed by atoms with Crippen molar-refractivity contribution in [1.82, 2.24) is 0 Å². The van der Waals surface area contributed by atoms with E-state index >= 15 is 0 Å². The van der Waals surface area contributed by atoms with E-state index in [9.17, 15) is 23.3 Å². The van der Waals surface area contributed by atoms with Crippen LogP contribution in [0.5, 0.6) is 0 Å². The summed E-state index contributed by atoms with van der Waals surface area (Å²) in [7, 11) is 0. The smallest absolute Gasteiger partial charge is 0.269 e. The molecule has 0 amide bonds. The molecule has 0 heterocycles. The van der Waals surface area contributed by atoms with E-state index < -0.39 is 22.4 Å². The molecule has 2 rings (SSSR count). The zero-order chi connectivity index (χ0) is 14.0. The summed E-state index contributed by atoms with van der Waals surface area (Å²) in [6.07, 6.45) is 0. The second kappa shape index (κ2) is 4.97. The normalized spacial score (nSPS) is 10.3. The molecule has 0 atom stereocenters. The van der Waals surface area contributed by atoms with E-state index in [0.29, 0.717) is 5.69 Å². The maximum atomic E-state index is 13.0. The molecule has 0 saturated carbocycles. The lowest BCUT2D eigenvalue weighted by molar-refractivity contribution is -0.384. The third-order valence-electron chi connectivity index (χ3n) is 2.35. The van der Waals surface area contributed by atoms with Crippen molar-refractivity contribution in [3.05, 3.63) is 64.0 Å². The van der Waals surface area contributed by atoms with Crippen molar-refractivity contribution < 1.29 is 18.1 Å². The third kappa shape index (κ3) is 2.82. The summed E-state index contributed by atoms with van der Waals surface area (Å²) in [5.41, 5.74) is 0.281. The summed E-state index contributed by atoms with van der Waals surface area (Å²) in [5, 5.41) is 13.1. The molecule has 98 valence electrons. The maximum Gasteiger partial charge on any atom is 0.269 e. The molecule has 0 radical (unpaired) electrons. The van der Waals surface area contributed by atoms with Gasteiger partial charge in [0.1, 0.15) is 0 Å². The summed E-state index contributed by atoms with van der Waals surface area (Å²) in [5.74, 6) is -4.18. The van der Waals surface area contributed by atoms with Crippen LogP contribution in [-0.4, -0.2) is 4.92 Å². The highest BCUT2D eigenvalue weighted by molar-refractivity contribution is 5.61. The first kappa shape index (κ1) is 12.9. The Morgan fingerprint density at radius 1 is 0.947 bits per heavy atom. The average Bonchev–Trinajstić information content (AvgIpc) is 2.36. The largest absolute Gasteiger partial charge is 0.355 e. The van der Waals surface area contributed by atoms with Gasteiger partial charge in [-0.2, -0.15) is 0 Å². The van der Waals surface area contributed by atoms with Gasteiger partial charge in [0.25, 0.3) is 5.69 Å². The predicted molar refractivity (Wildman–Crippen MR) is 62.7 cm³/mol. The zero-order valence-corrected chi connectivity index (χ0v) is 9.36. The monoisotopic (exact) mass is 268 g/mol. The van der Waals surface area contributed by atoms with Crippen molar-refractivity contribution in [2.75, 3.05) is 5.32 Å². The highest BCUT2D eigenvalue weighted by Gasteiger charge is 2.11. The molecule has 0 aliphatic rings. The van der Waals surface area contributed by atoms with Crippen molar-refractivity contribution in [3.8, 4) is 0 Å². The van der Waals surface area contributed by atoms with Gasteiger partial charge in [0, 0.05) is 35.6 Å². The minimum Gasteiger partial charge on any atom is -0.355 e. The fourth-order valence-electron chi connectivity index (χ4n) is 1.46. The quantitative estimate of drug-likeness (QED) is 0.524. The van der Waals surface area contributed by atoms with Crippen molar-refractivity contribution >= 4 is 17.1 Å². The standard InChI is InChI=1S/C12H7F3N2O2/c13-10-5-8(6-11(14)12(10)15)16-7-1-3-9(4-2-7)17(18)19/h1-6,16H. The van der Waals surface area contributed by atoms with Gasteiger partial charge in [0.05, 0.1) is 4.92 Å². The van der Waals surface area contributed by atoms with Gasteiger partial charge < -0.3 is 5.32 Å². The van der Waals surface area contributed by atoms with Gasteiger partial charge in [0.15, 0.2) is 17.5 Å². The Hall–Kier alpha value is -2.57. The molecule has 0 aliphatic heterocycles. The third-order valence-corrected chi connectivity index (χ3v) is 2.35. The Kier molecular flexibility index (Phi) is 3.37. The van der Waals surface area contributed by atoms with Gasteiger partial charge >= 0.3 is 0 Å². The van der Waals surface area contributed by atoms with Crippen molar-refractivity contribution in [2.45, 2.75) is 0 Å². The van der Waals surface area contributed by atoms with E-state index in [1.54, 1.807) is 0 Å². The highest BCUT2D eigenvalue weighted by atomic mass is 19.2. The van der Waals surface area contributed by atoms with Crippen LogP contribution in [0.4, 0.5) is 30.2 Å². The minimum atomic E-state index is -1.55. The molecule has 4 nitrogen and oxygen atoms in total. The van der Waals surface area contributed by atoms with Crippen molar-refractivity contribution in [3.63, 3.8) is 0 Å². The summed E-state index contributed by atoms with van der Waals surface area (Å²) in [6, 6.07) is 6.80. The van der Waals surface area contributed by atoms with E-state index in [1.807, 2.05) is 0 Å². The molecular formula is C12H7F3N2O2. The molecule has 0 bridgehead atoms.